The summed E-state index contributed by atoms with van der Waals surface area (Å²) in [5, 5.41) is 18.1. The third-order valence-electron chi connectivity index (χ3n) is 5.61. The van der Waals surface area contributed by atoms with Crippen molar-refractivity contribution in [2.24, 2.45) is 0 Å². The summed E-state index contributed by atoms with van der Waals surface area (Å²) in [6.45, 7) is 6.09. The van der Waals surface area contributed by atoms with E-state index in [4.69, 9.17) is 18.9 Å². The SMILES string of the molecule is CC(C)(C)n1nc([C@H]2C[C@@H](OC(=O)Oc3ccc([N+](=O)[O-])cc3)CO2)cc1NC(=O)OCc1ccccc1. The Labute approximate surface area is 218 Å². The molecule has 1 aliphatic rings. The van der Waals surface area contributed by atoms with Crippen LogP contribution in [0.3, 0.4) is 0 Å². The Balaban J connectivity index is 1.35. The van der Waals surface area contributed by atoms with Gasteiger partial charge in [-0.2, -0.15) is 5.10 Å². The highest BCUT2D eigenvalue weighted by Crippen LogP contribution is 2.33. The molecule has 38 heavy (non-hydrogen) atoms. The Morgan fingerprint density at radius 1 is 1.16 bits per heavy atom. The van der Waals surface area contributed by atoms with Gasteiger partial charge in [0, 0.05) is 24.6 Å². The molecule has 1 aromatic heterocycles. The number of aromatic nitrogens is 2. The lowest BCUT2D eigenvalue weighted by Crippen LogP contribution is -2.27. The van der Waals surface area contributed by atoms with Gasteiger partial charge in [-0.15, -0.1) is 0 Å². The third-order valence-corrected chi connectivity index (χ3v) is 5.61. The smallest absolute Gasteiger partial charge is 0.444 e. The van der Waals surface area contributed by atoms with Crippen LogP contribution < -0.4 is 10.1 Å². The van der Waals surface area contributed by atoms with Gasteiger partial charge in [-0.05, 0) is 38.5 Å². The van der Waals surface area contributed by atoms with Crippen molar-refractivity contribution in [1.29, 1.82) is 0 Å². The monoisotopic (exact) mass is 524 g/mol. The van der Waals surface area contributed by atoms with E-state index in [-0.39, 0.29) is 24.7 Å². The normalized spacial score (nSPS) is 17.0. The van der Waals surface area contributed by atoms with Crippen molar-refractivity contribution in [3.05, 3.63) is 82.0 Å². The lowest BCUT2D eigenvalue weighted by molar-refractivity contribution is -0.384. The zero-order chi connectivity index (χ0) is 27.3. The van der Waals surface area contributed by atoms with E-state index in [0.29, 0.717) is 17.9 Å². The predicted molar refractivity (Wildman–Crippen MR) is 135 cm³/mol. The van der Waals surface area contributed by atoms with Crippen LogP contribution in [-0.4, -0.2) is 39.7 Å². The van der Waals surface area contributed by atoms with Crippen LogP contribution in [-0.2, 0) is 26.4 Å². The van der Waals surface area contributed by atoms with Gasteiger partial charge >= 0.3 is 12.2 Å². The maximum Gasteiger partial charge on any atom is 0.514 e. The van der Waals surface area contributed by atoms with Crippen molar-refractivity contribution >= 4 is 23.8 Å². The number of hydrogen-bond acceptors (Lipinski definition) is 9. The van der Waals surface area contributed by atoms with Gasteiger partial charge in [0.25, 0.3) is 5.69 Å². The lowest BCUT2D eigenvalue weighted by Gasteiger charge is -2.22. The molecule has 0 aliphatic carbocycles. The molecule has 1 amide bonds. The number of rotatable bonds is 7. The van der Waals surface area contributed by atoms with E-state index in [1.165, 1.54) is 24.3 Å². The third kappa shape index (κ3) is 6.85. The van der Waals surface area contributed by atoms with E-state index in [1.807, 2.05) is 51.1 Å². The van der Waals surface area contributed by atoms with E-state index in [0.717, 1.165) is 5.56 Å². The fourth-order valence-corrected chi connectivity index (χ4v) is 3.80. The van der Waals surface area contributed by atoms with Gasteiger partial charge in [0.05, 0.1) is 22.8 Å². The summed E-state index contributed by atoms with van der Waals surface area (Å²) in [7, 11) is 0. The van der Waals surface area contributed by atoms with E-state index >= 15 is 0 Å². The first kappa shape index (κ1) is 26.6. The highest BCUT2D eigenvalue weighted by Gasteiger charge is 2.33. The van der Waals surface area contributed by atoms with E-state index in [1.54, 1.807) is 10.7 Å². The van der Waals surface area contributed by atoms with Crippen LogP contribution in [0.25, 0.3) is 0 Å². The molecule has 0 bridgehead atoms. The van der Waals surface area contributed by atoms with E-state index < -0.39 is 34.9 Å². The van der Waals surface area contributed by atoms with Crippen LogP contribution in [0.5, 0.6) is 5.75 Å². The minimum Gasteiger partial charge on any atom is -0.444 e. The molecule has 200 valence electrons. The molecule has 12 nitrogen and oxygen atoms in total. The second kappa shape index (κ2) is 11.3. The number of nitro benzene ring substituents is 1. The highest BCUT2D eigenvalue weighted by atomic mass is 16.7. The zero-order valence-electron chi connectivity index (χ0n) is 21.2. The number of anilines is 1. The van der Waals surface area contributed by atoms with Gasteiger partial charge in [0.15, 0.2) is 0 Å². The second-order valence-corrected chi connectivity index (χ2v) is 9.62. The molecule has 0 saturated carbocycles. The van der Waals surface area contributed by atoms with E-state index in [9.17, 15) is 19.7 Å². The largest absolute Gasteiger partial charge is 0.514 e. The van der Waals surface area contributed by atoms with Crippen LogP contribution in [0.1, 0.15) is 44.6 Å². The van der Waals surface area contributed by atoms with Gasteiger partial charge in [-0.1, -0.05) is 30.3 Å². The fraction of sp³-hybridized carbons (Fsp3) is 0.346. The van der Waals surface area contributed by atoms with Gasteiger partial charge in [0.1, 0.15) is 30.4 Å². The summed E-state index contributed by atoms with van der Waals surface area (Å²) in [5.41, 5.74) is 0.854. The van der Waals surface area contributed by atoms with Gasteiger partial charge < -0.3 is 18.9 Å². The van der Waals surface area contributed by atoms with Gasteiger partial charge in [-0.3, -0.25) is 15.4 Å². The van der Waals surface area contributed by atoms with Crippen molar-refractivity contribution in [3.63, 3.8) is 0 Å². The number of carbonyl (C=O) groups is 2. The molecule has 0 spiro atoms. The molecule has 1 N–H and O–H groups in total. The lowest BCUT2D eigenvalue weighted by atomic mass is 10.1. The first-order chi connectivity index (χ1) is 18.1. The predicted octanol–water partition coefficient (Wildman–Crippen LogP) is 5.34. The van der Waals surface area contributed by atoms with Crippen LogP contribution in [0.2, 0.25) is 0 Å². The van der Waals surface area contributed by atoms with Crippen LogP contribution in [0.15, 0.2) is 60.7 Å². The molecule has 2 aromatic carbocycles. The van der Waals surface area contributed by atoms with Crippen LogP contribution in [0, 0.1) is 10.1 Å². The number of amides is 1. The van der Waals surface area contributed by atoms with Gasteiger partial charge in [-0.25, -0.2) is 14.3 Å². The number of nitro groups is 1. The molecular formula is C26H28N4O8. The summed E-state index contributed by atoms with van der Waals surface area (Å²) in [6, 6.07) is 16.1. The molecular weight excluding hydrogens is 496 g/mol. The Morgan fingerprint density at radius 3 is 2.53 bits per heavy atom. The molecule has 2 heterocycles. The Kier molecular flexibility index (Phi) is 7.91. The summed E-state index contributed by atoms with van der Waals surface area (Å²) in [4.78, 5) is 34.9. The summed E-state index contributed by atoms with van der Waals surface area (Å²) in [5.74, 6) is 0.561. The molecule has 4 rings (SSSR count). The molecule has 0 unspecified atom stereocenters. The first-order valence-electron chi connectivity index (χ1n) is 11.9. The topological polar surface area (TPSA) is 144 Å². The fourth-order valence-electron chi connectivity index (χ4n) is 3.80. The summed E-state index contributed by atoms with van der Waals surface area (Å²) >= 11 is 0. The highest BCUT2D eigenvalue weighted by molar-refractivity contribution is 5.83. The molecule has 12 heteroatoms. The second-order valence-electron chi connectivity index (χ2n) is 9.62. The maximum absolute atomic E-state index is 12.5. The average Bonchev–Trinajstić information content (AvgIpc) is 3.51. The molecule has 0 radical (unpaired) electrons. The average molecular weight is 525 g/mol. The van der Waals surface area contributed by atoms with Crippen molar-refractivity contribution in [3.8, 4) is 5.75 Å². The van der Waals surface area contributed by atoms with Crippen molar-refractivity contribution in [1.82, 2.24) is 9.78 Å². The van der Waals surface area contributed by atoms with Crippen molar-refractivity contribution in [2.75, 3.05) is 11.9 Å². The minimum absolute atomic E-state index is 0.120. The summed E-state index contributed by atoms with van der Waals surface area (Å²) < 4.78 is 23.3. The quantitative estimate of drug-likeness (QED) is 0.187. The Hall–Kier alpha value is -4.45. The van der Waals surface area contributed by atoms with Gasteiger partial charge in [0.2, 0.25) is 0 Å². The number of hydrogen-bond donors (Lipinski definition) is 1. The molecule has 1 aliphatic heterocycles. The van der Waals surface area contributed by atoms with Crippen LogP contribution >= 0.6 is 0 Å². The zero-order valence-corrected chi connectivity index (χ0v) is 21.2. The van der Waals surface area contributed by atoms with Crippen LogP contribution in [0.4, 0.5) is 21.1 Å². The molecule has 1 fully saturated rings. The van der Waals surface area contributed by atoms with E-state index in [2.05, 4.69) is 10.4 Å². The number of nitrogens with one attached hydrogen (secondary N) is 1. The maximum atomic E-state index is 12.5. The number of benzene rings is 2. The van der Waals surface area contributed by atoms with Crippen molar-refractivity contribution in [2.45, 2.75) is 51.5 Å². The first-order valence-corrected chi connectivity index (χ1v) is 11.9. The number of carbonyl (C=O) groups excluding carboxylic acids is 2. The number of nitrogens with zero attached hydrogens (tertiary/aromatic N) is 3. The molecule has 2 atom stereocenters. The standard InChI is InChI=1S/C26H28N4O8/c1-26(2,3)29-23(27-24(31)36-15-17-7-5-4-6-8-17)14-21(28-29)22-13-20(16-35-22)38-25(32)37-19-11-9-18(10-12-19)30(33)34/h4-12,14,20,22H,13,15-16H2,1-3H3,(H,27,31)/t20-,22-/m1/s1. The summed E-state index contributed by atoms with van der Waals surface area (Å²) in [6.07, 6.45) is -2.30. The molecule has 3 aromatic rings. The Bertz CT molecular complexity index is 1280. The Morgan fingerprint density at radius 2 is 1.87 bits per heavy atom. The van der Waals surface area contributed by atoms with Crippen molar-refractivity contribution < 1.29 is 33.5 Å². The minimum atomic E-state index is -0.947. The number of ether oxygens (including phenoxy) is 4. The number of non-ortho nitro benzene ring substituents is 1. The molecule has 1 saturated heterocycles.